The van der Waals surface area contributed by atoms with Gasteiger partial charge in [0.1, 0.15) is 12.4 Å². The summed E-state index contributed by atoms with van der Waals surface area (Å²) in [7, 11) is 1.74. The summed E-state index contributed by atoms with van der Waals surface area (Å²) in [6.45, 7) is 4.37. The molecule has 18 heavy (non-hydrogen) atoms. The molecule has 1 aromatic carbocycles. The van der Waals surface area contributed by atoms with Crippen molar-refractivity contribution in [1.29, 1.82) is 0 Å². The lowest BCUT2D eigenvalue weighted by molar-refractivity contribution is -0.120. The molecule has 1 heterocycles. The lowest BCUT2D eigenvalue weighted by atomic mass is 10.1. The molecule has 0 aliphatic carbocycles. The first kappa shape index (κ1) is 12.4. The number of benzene rings is 1. The van der Waals surface area contributed by atoms with Gasteiger partial charge in [0.05, 0.1) is 11.4 Å². The van der Waals surface area contributed by atoms with Crippen molar-refractivity contribution in [3.05, 3.63) is 23.8 Å². The molecule has 5 heteroatoms. The first-order chi connectivity index (χ1) is 8.63. The third-order valence-corrected chi connectivity index (χ3v) is 2.79. The van der Waals surface area contributed by atoms with Crippen LogP contribution in [-0.2, 0) is 9.63 Å². The molecule has 1 aliphatic heterocycles. The molecular formula is C13H16N2O3. The Labute approximate surface area is 106 Å². The van der Waals surface area contributed by atoms with E-state index in [-0.39, 0.29) is 12.5 Å². The molecule has 0 bridgehead atoms. The zero-order chi connectivity index (χ0) is 13.1. The van der Waals surface area contributed by atoms with Crippen LogP contribution in [0.1, 0.15) is 19.4 Å². The van der Waals surface area contributed by atoms with Crippen molar-refractivity contribution in [2.75, 3.05) is 25.2 Å². The fourth-order valence-corrected chi connectivity index (χ4v) is 1.71. The first-order valence-electron chi connectivity index (χ1n) is 5.83. The summed E-state index contributed by atoms with van der Waals surface area (Å²) in [6.07, 6.45) is 0. The van der Waals surface area contributed by atoms with E-state index in [1.807, 2.05) is 32.0 Å². The highest BCUT2D eigenvalue weighted by Gasteiger charge is 2.22. The number of hydrogen-bond acceptors (Lipinski definition) is 4. The van der Waals surface area contributed by atoms with Crippen molar-refractivity contribution in [3.8, 4) is 5.75 Å². The van der Waals surface area contributed by atoms with Crippen molar-refractivity contribution in [2.45, 2.75) is 13.8 Å². The Kier molecular flexibility index (Phi) is 3.50. The molecule has 2 rings (SSSR count). The Morgan fingerprint density at radius 1 is 1.56 bits per heavy atom. The Morgan fingerprint density at radius 3 is 3.06 bits per heavy atom. The van der Waals surface area contributed by atoms with E-state index in [4.69, 9.17) is 9.57 Å². The fourth-order valence-electron chi connectivity index (χ4n) is 1.71. The lowest BCUT2D eigenvalue weighted by Crippen LogP contribution is -2.35. The number of ether oxygens (including phenoxy) is 1. The van der Waals surface area contributed by atoms with Gasteiger partial charge in [0, 0.05) is 12.6 Å². The first-order valence-corrected chi connectivity index (χ1v) is 5.83. The Hall–Kier alpha value is -2.04. The number of anilines is 1. The number of amides is 1. The van der Waals surface area contributed by atoms with E-state index in [0.717, 1.165) is 17.0 Å². The maximum atomic E-state index is 11.6. The van der Waals surface area contributed by atoms with E-state index in [0.29, 0.717) is 12.4 Å². The smallest absolute Gasteiger partial charge is 0.264 e. The normalized spacial score (nSPS) is 15.2. The van der Waals surface area contributed by atoms with Crippen molar-refractivity contribution >= 4 is 17.3 Å². The highest BCUT2D eigenvalue weighted by atomic mass is 16.6. The maximum absolute atomic E-state index is 11.6. The van der Waals surface area contributed by atoms with Crippen LogP contribution >= 0.6 is 0 Å². The Morgan fingerprint density at radius 2 is 2.33 bits per heavy atom. The van der Waals surface area contributed by atoms with Crippen LogP contribution in [0.15, 0.2) is 23.4 Å². The zero-order valence-corrected chi connectivity index (χ0v) is 10.8. The third-order valence-electron chi connectivity index (χ3n) is 2.79. The van der Waals surface area contributed by atoms with Crippen LogP contribution in [0.5, 0.6) is 5.75 Å². The van der Waals surface area contributed by atoms with Gasteiger partial charge in [0.2, 0.25) is 0 Å². The van der Waals surface area contributed by atoms with Crippen molar-refractivity contribution in [2.24, 2.45) is 5.16 Å². The Bertz CT molecular complexity index is 497. The monoisotopic (exact) mass is 248 g/mol. The molecule has 96 valence electrons. The number of carbonyl (C=O) groups excluding carboxylic acids is 1. The average Bonchev–Trinajstić information content (AvgIpc) is 2.40. The van der Waals surface area contributed by atoms with E-state index in [2.05, 4.69) is 5.16 Å². The molecule has 5 nitrogen and oxygen atoms in total. The number of nitrogens with zero attached hydrogens (tertiary/aromatic N) is 2. The molecule has 0 spiro atoms. The molecule has 0 saturated heterocycles. The van der Waals surface area contributed by atoms with Crippen molar-refractivity contribution in [3.63, 3.8) is 0 Å². The second kappa shape index (κ2) is 5.08. The molecule has 0 saturated carbocycles. The van der Waals surface area contributed by atoms with Gasteiger partial charge in [-0.15, -0.1) is 0 Å². The van der Waals surface area contributed by atoms with Crippen LogP contribution in [0.2, 0.25) is 0 Å². The molecule has 1 amide bonds. The highest BCUT2D eigenvalue weighted by Crippen LogP contribution is 2.32. The molecule has 0 radical (unpaired) electrons. The van der Waals surface area contributed by atoms with E-state index < -0.39 is 0 Å². The Balaban J connectivity index is 2.34. The maximum Gasteiger partial charge on any atom is 0.264 e. The second-order valence-electron chi connectivity index (χ2n) is 4.02. The van der Waals surface area contributed by atoms with Crippen LogP contribution in [0, 0.1) is 0 Å². The van der Waals surface area contributed by atoms with Gasteiger partial charge >= 0.3 is 0 Å². The van der Waals surface area contributed by atoms with Crippen molar-refractivity contribution < 1.29 is 14.4 Å². The molecule has 0 N–H and O–H groups in total. The summed E-state index contributed by atoms with van der Waals surface area (Å²) in [5, 5.41) is 3.98. The van der Waals surface area contributed by atoms with E-state index >= 15 is 0 Å². The van der Waals surface area contributed by atoms with E-state index in [9.17, 15) is 4.79 Å². The molecule has 0 aromatic heterocycles. The third kappa shape index (κ3) is 2.30. The zero-order valence-electron chi connectivity index (χ0n) is 10.8. The number of hydrogen-bond donors (Lipinski definition) is 0. The average molecular weight is 248 g/mol. The van der Waals surface area contributed by atoms with Crippen LogP contribution in [0.4, 0.5) is 5.69 Å². The van der Waals surface area contributed by atoms with Crippen LogP contribution < -0.4 is 9.64 Å². The van der Waals surface area contributed by atoms with Gasteiger partial charge in [-0.25, -0.2) is 0 Å². The predicted octanol–water partition coefficient (Wildman–Crippen LogP) is 1.80. The van der Waals surface area contributed by atoms with Crippen LogP contribution in [-0.4, -0.2) is 31.9 Å². The topological polar surface area (TPSA) is 51.1 Å². The van der Waals surface area contributed by atoms with Gasteiger partial charge in [-0.3, -0.25) is 4.79 Å². The van der Waals surface area contributed by atoms with Gasteiger partial charge < -0.3 is 14.5 Å². The van der Waals surface area contributed by atoms with Crippen LogP contribution in [0.3, 0.4) is 0 Å². The molecule has 0 fully saturated rings. The molecule has 1 aliphatic rings. The lowest BCUT2D eigenvalue weighted by Gasteiger charge is -2.26. The van der Waals surface area contributed by atoms with Gasteiger partial charge in [0.25, 0.3) is 5.91 Å². The van der Waals surface area contributed by atoms with Gasteiger partial charge in [-0.05, 0) is 32.0 Å². The predicted molar refractivity (Wildman–Crippen MR) is 69.2 cm³/mol. The van der Waals surface area contributed by atoms with Crippen LogP contribution in [0.25, 0.3) is 0 Å². The van der Waals surface area contributed by atoms with E-state index in [1.54, 1.807) is 11.9 Å². The molecular weight excluding hydrogens is 232 g/mol. The number of oxime groups is 1. The van der Waals surface area contributed by atoms with Gasteiger partial charge in [0.15, 0.2) is 6.61 Å². The fraction of sp³-hybridized carbons (Fsp3) is 0.385. The number of rotatable bonds is 3. The quantitative estimate of drug-likeness (QED) is 0.605. The SMILES string of the molecule is CCO/N=C(/C)c1ccc2c(c1)N(C)C(=O)CO2. The summed E-state index contributed by atoms with van der Waals surface area (Å²) in [6, 6.07) is 5.63. The number of carbonyl (C=O) groups is 1. The number of fused-ring (bicyclic) bond motifs is 1. The molecule has 0 unspecified atom stereocenters. The van der Waals surface area contributed by atoms with E-state index in [1.165, 1.54) is 0 Å². The summed E-state index contributed by atoms with van der Waals surface area (Å²) >= 11 is 0. The largest absolute Gasteiger partial charge is 0.482 e. The summed E-state index contributed by atoms with van der Waals surface area (Å²) in [5.74, 6) is 0.657. The van der Waals surface area contributed by atoms with Gasteiger partial charge in [-0.1, -0.05) is 5.16 Å². The standard InChI is InChI=1S/C13H16N2O3/c1-4-18-14-9(2)10-5-6-12-11(7-10)15(3)13(16)8-17-12/h5-7H,4,8H2,1-3H3/b14-9-. The highest BCUT2D eigenvalue weighted by molar-refractivity contribution is 6.02. The minimum Gasteiger partial charge on any atom is -0.482 e. The minimum atomic E-state index is -0.0564. The minimum absolute atomic E-state index is 0.0564. The summed E-state index contributed by atoms with van der Waals surface area (Å²) < 4.78 is 5.36. The second-order valence-corrected chi connectivity index (χ2v) is 4.02. The molecule has 1 aromatic rings. The number of likely N-dealkylation sites (N-methyl/N-ethyl adjacent to an activating group) is 1. The summed E-state index contributed by atoms with van der Waals surface area (Å²) in [4.78, 5) is 18.2. The summed E-state index contributed by atoms with van der Waals surface area (Å²) in [5.41, 5.74) is 2.44. The molecule has 0 atom stereocenters. The van der Waals surface area contributed by atoms with Crippen molar-refractivity contribution in [1.82, 2.24) is 0 Å². The van der Waals surface area contributed by atoms with Gasteiger partial charge in [-0.2, -0.15) is 0 Å².